The Balaban J connectivity index is 1.88. The number of nitrogen functional groups attached to an aromatic ring is 1. The van der Waals surface area contributed by atoms with E-state index < -0.39 is 11.9 Å². The number of aryl methyl sites for hydroxylation is 2. The van der Waals surface area contributed by atoms with Gasteiger partial charge in [-0.25, -0.2) is 9.18 Å². The number of imidazole rings is 1. The van der Waals surface area contributed by atoms with E-state index in [2.05, 4.69) is 21.4 Å². The number of nitrogens with two attached hydrogens (primary N) is 1. The average Bonchev–Trinajstić information content (AvgIpc) is 3.25. The molecule has 2 bridgehead atoms. The van der Waals surface area contributed by atoms with Gasteiger partial charge in [-0.2, -0.15) is 10.4 Å². The third kappa shape index (κ3) is 3.15. The molecule has 3 aromatic heterocycles. The molecule has 10 nitrogen and oxygen atoms in total. The standard InChI is InChI=1S/C22H19FN8O2/c1-11-14-6-12(23)4-5-13(14)18-10-29(2)22(32)31(18)9-16-20(17(8-24)30(3)28-16)15-7-19(33-11)21(25)27-26-15/h4-7,10-11H,9H2,1-3H3,(H2,25,27). The molecule has 0 saturated heterocycles. The van der Waals surface area contributed by atoms with Crippen LogP contribution < -0.4 is 16.2 Å². The summed E-state index contributed by atoms with van der Waals surface area (Å²) in [4.78, 5) is 13.1. The first-order valence-electron chi connectivity index (χ1n) is 10.1. The lowest BCUT2D eigenvalue weighted by molar-refractivity contribution is 0.227. The summed E-state index contributed by atoms with van der Waals surface area (Å²) in [5, 5.41) is 22.4. The van der Waals surface area contributed by atoms with E-state index in [-0.39, 0.29) is 29.5 Å². The number of ether oxygens (including phenoxy) is 1. The van der Waals surface area contributed by atoms with Gasteiger partial charge in [0, 0.05) is 37.5 Å². The molecule has 0 saturated carbocycles. The Morgan fingerprint density at radius 1 is 1.27 bits per heavy atom. The summed E-state index contributed by atoms with van der Waals surface area (Å²) < 4.78 is 24.7. The Kier molecular flexibility index (Phi) is 4.52. The van der Waals surface area contributed by atoms with Crippen LogP contribution in [0.3, 0.4) is 0 Å². The van der Waals surface area contributed by atoms with Crippen molar-refractivity contribution in [3.05, 3.63) is 63.7 Å². The number of aromatic nitrogens is 6. The number of hydrogen-bond acceptors (Lipinski definition) is 7. The summed E-state index contributed by atoms with van der Waals surface area (Å²) in [5.74, 6) is -0.137. The summed E-state index contributed by atoms with van der Waals surface area (Å²) in [6.45, 7) is 1.82. The first-order valence-corrected chi connectivity index (χ1v) is 10.1. The second kappa shape index (κ2) is 7.30. The maximum atomic E-state index is 14.2. The van der Waals surface area contributed by atoms with Gasteiger partial charge >= 0.3 is 5.69 Å². The number of hydrogen-bond donors (Lipinski definition) is 1. The molecule has 1 atom stereocenters. The van der Waals surface area contributed by atoms with Crippen LogP contribution in [0.4, 0.5) is 10.2 Å². The Labute approximate surface area is 187 Å². The molecule has 4 aromatic rings. The third-order valence-electron chi connectivity index (χ3n) is 5.75. The minimum Gasteiger partial charge on any atom is -0.482 e. The number of rotatable bonds is 0. The van der Waals surface area contributed by atoms with E-state index in [1.165, 1.54) is 25.9 Å². The zero-order valence-electron chi connectivity index (χ0n) is 18.1. The Bertz CT molecular complexity index is 1520. The molecular formula is C22H19FN8O2. The normalized spacial score (nSPS) is 14.7. The number of nitrogens with zero attached hydrogens (tertiary/aromatic N) is 7. The molecule has 33 heavy (non-hydrogen) atoms. The number of benzene rings is 1. The zero-order valence-corrected chi connectivity index (χ0v) is 18.1. The lowest BCUT2D eigenvalue weighted by Crippen LogP contribution is -2.24. The van der Waals surface area contributed by atoms with E-state index >= 15 is 0 Å². The topological polar surface area (TPSA) is 130 Å². The van der Waals surface area contributed by atoms with E-state index in [9.17, 15) is 14.4 Å². The zero-order chi connectivity index (χ0) is 23.4. The fraction of sp³-hybridized carbons (Fsp3) is 0.227. The van der Waals surface area contributed by atoms with E-state index in [0.29, 0.717) is 33.8 Å². The molecule has 1 aliphatic heterocycles. The number of halogens is 1. The van der Waals surface area contributed by atoms with Gasteiger partial charge in [0.25, 0.3) is 0 Å². The molecule has 2 N–H and O–H groups in total. The van der Waals surface area contributed by atoms with Crippen LogP contribution in [0.25, 0.3) is 22.5 Å². The van der Waals surface area contributed by atoms with Crippen LogP contribution in [0, 0.1) is 17.1 Å². The first-order chi connectivity index (χ1) is 15.8. The molecule has 11 heteroatoms. The number of anilines is 1. The predicted molar refractivity (Wildman–Crippen MR) is 117 cm³/mol. The Hall–Kier alpha value is -4.46. The van der Waals surface area contributed by atoms with Crippen LogP contribution in [0.15, 0.2) is 35.3 Å². The van der Waals surface area contributed by atoms with Crippen LogP contribution in [0.2, 0.25) is 0 Å². The molecule has 1 unspecified atom stereocenters. The maximum Gasteiger partial charge on any atom is 0.328 e. The molecular weight excluding hydrogens is 427 g/mol. The lowest BCUT2D eigenvalue weighted by atomic mass is 10.00. The van der Waals surface area contributed by atoms with E-state index in [1.54, 1.807) is 39.3 Å². The van der Waals surface area contributed by atoms with Crippen molar-refractivity contribution >= 4 is 5.82 Å². The van der Waals surface area contributed by atoms with Crippen molar-refractivity contribution in [2.24, 2.45) is 14.1 Å². The SMILES string of the molecule is CC1Oc2cc(nnc2N)-c2c(nn(C)c2C#N)Cn2c(cn(C)c2=O)-c2ccc(F)cc21. The molecule has 0 fully saturated rings. The van der Waals surface area contributed by atoms with E-state index in [1.807, 2.05) is 0 Å². The molecule has 4 heterocycles. The van der Waals surface area contributed by atoms with Gasteiger partial charge in [-0.1, -0.05) is 0 Å². The van der Waals surface area contributed by atoms with Crippen LogP contribution in [-0.4, -0.2) is 29.1 Å². The fourth-order valence-corrected chi connectivity index (χ4v) is 4.16. The van der Waals surface area contributed by atoms with Gasteiger partial charge in [-0.15, -0.1) is 10.2 Å². The van der Waals surface area contributed by atoms with E-state index in [0.717, 1.165) is 0 Å². The van der Waals surface area contributed by atoms with Crippen molar-refractivity contribution in [2.45, 2.75) is 19.6 Å². The van der Waals surface area contributed by atoms with Gasteiger partial charge < -0.3 is 15.0 Å². The number of fused-ring (bicyclic) bond motifs is 7. The van der Waals surface area contributed by atoms with Crippen LogP contribution >= 0.6 is 0 Å². The fourth-order valence-electron chi connectivity index (χ4n) is 4.16. The van der Waals surface area contributed by atoms with E-state index in [4.69, 9.17) is 10.5 Å². The molecule has 0 spiro atoms. The lowest BCUT2D eigenvalue weighted by Gasteiger charge is -2.21. The predicted octanol–water partition coefficient (Wildman–Crippen LogP) is 2.14. The van der Waals surface area contributed by atoms with Gasteiger partial charge in [0.05, 0.1) is 23.5 Å². The molecule has 0 aliphatic carbocycles. The maximum absolute atomic E-state index is 14.2. The molecule has 1 aliphatic rings. The van der Waals surface area contributed by atoms with Crippen molar-refractivity contribution in [2.75, 3.05) is 5.73 Å². The van der Waals surface area contributed by atoms with Gasteiger partial charge in [0.15, 0.2) is 11.6 Å². The molecule has 166 valence electrons. The molecule has 1 aromatic carbocycles. The van der Waals surface area contributed by atoms with Gasteiger partial charge in [-0.05, 0) is 25.1 Å². The third-order valence-corrected chi connectivity index (χ3v) is 5.75. The summed E-state index contributed by atoms with van der Waals surface area (Å²) in [6.07, 6.45) is 1.04. The highest BCUT2D eigenvalue weighted by Gasteiger charge is 2.26. The summed E-state index contributed by atoms with van der Waals surface area (Å²) in [7, 11) is 3.28. The molecule has 0 radical (unpaired) electrons. The summed E-state index contributed by atoms with van der Waals surface area (Å²) in [6, 6.07) is 8.04. The van der Waals surface area contributed by atoms with Crippen molar-refractivity contribution in [3.63, 3.8) is 0 Å². The van der Waals surface area contributed by atoms with Crippen molar-refractivity contribution in [1.82, 2.24) is 29.1 Å². The van der Waals surface area contributed by atoms with Crippen molar-refractivity contribution < 1.29 is 9.13 Å². The summed E-state index contributed by atoms with van der Waals surface area (Å²) >= 11 is 0. The van der Waals surface area contributed by atoms with Crippen LogP contribution in [0.5, 0.6) is 5.75 Å². The minimum atomic E-state index is -0.637. The van der Waals surface area contributed by atoms with Crippen LogP contribution in [0.1, 0.15) is 30.0 Å². The van der Waals surface area contributed by atoms with Crippen molar-refractivity contribution in [1.29, 1.82) is 5.26 Å². The Morgan fingerprint density at radius 2 is 2.06 bits per heavy atom. The highest BCUT2D eigenvalue weighted by molar-refractivity contribution is 5.71. The largest absolute Gasteiger partial charge is 0.482 e. The Morgan fingerprint density at radius 3 is 2.82 bits per heavy atom. The number of nitriles is 1. The summed E-state index contributed by atoms with van der Waals surface area (Å²) in [5.41, 5.74) is 8.92. The average molecular weight is 446 g/mol. The van der Waals surface area contributed by atoms with Gasteiger partial charge in [0.2, 0.25) is 0 Å². The first kappa shape index (κ1) is 20.4. The molecule has 5 rings (SSSR count). The highest BCUT2D eigenvalue weighted by atomic mass is 19.1. The van der Waals surface area contributed by atoms with Crippen molar-refractivity contribution in [3.8, 4) is 34.3 Å². The minimum absolute atomic E-state index is 0.0566. The smallest absolute Gasteiger partial charge is 0.328 e. The quantitative estimate of drug-likeness (QED) is 0.438. The van der Waals surface area contributed by atoms with Gasteiger partial charge in [0.1, 0.15) is 29.4 Å². The van der Waals surface area contributed by atoms with Crippen LogP contribution in [-0.2, 0) is 20.6 Å². The monoisotopic (exact) mass is 446 g/mol. The molecule has 0 amide bonds. The second-order valence-corrected chi connectivity index (χ2v) is 7.87. The van der Waals surface area contributed by atoms with Gasteiger partial charge in [-0.3, -0.25) is 9.25 Å². The highest BCUT2D eigenvalue weighted by Crippen LogP contribution is 2.36. The second-order valence-electron chi connectivity index (χ2n) is 7.87.